The van der Waals surface area contributed by atoms with Crippen molar-refractivity contribution in [2.75, 3.05) is 6.54 Å². The minimum atomic E-state index is -3.57. The van der Waals surface area contributed by atoms with Crippen LogP contribution in [-0.4, -0.2) is 26.4 Å². The number of benzene rings is 2. The van der Waals surface area contributed by atoms with Crippen LogP contribution in [-0.2, 0) is 16.4 Å². The maximum Gasteiger partial charge on any atom is 0.251 e. The molecule has 0 radical (unpaired) electrons. The second-order valence-electron chi connectivity index (χ2n) is 9.96. The molecule has 0 aromatic heterocycles. The van der Waals surface area contributed by atoms with Crippen molar-refractivity contribution in [3.8, 4) is 0 Å². The van der Waals surface area contributed by atoms with E-state index in [9.17, 15) is 17.6 Å². The topological polar surface area (TPSA) is 75.3 Å². The quantitative estimate of drug-likeness (QED) is 0.660. The lowest BCUT2D eigenvalue weighted by atomic mass is 9.53. The minimum absolute atomic E-state index is 0.256. The zero-order valence-electron chi connectivity index (χ0n) is 18.0. The Morgan fingerprint density at radius 3 is 2.19 bits per heavy atom. The van der Waals surface area contributed by atoms with Gasteiger partial charge < -0.3 is 5.32 Å². The van der Waals surface area contributed by atoms with Crippen LogP contribution in [0.3, 0.4) is 0 Å². The minimum Gasteiger partial charge on any atom is -0.352 e. The van der Waals surface area contributed by atoms with Crippen LogP contribution in [0.2, 0.25) is 0 Å². The predicted molar refractivity (Wildman–Crippen MR) is 120 cm³/mol. The Balaban J connectivity index is 1.18. The number of hydrogen-bond acceptors (Lipinski definition) is 3. The van der Waals surface area contributed by atoms with E-state index in [2.05, 4.69) is 10.0 Å². The van der Waals surface area contributed by atoms with Gasteiger partial charge in [-0.3, -0.25) is 4.79 Å². The summed E-state index contributed by atoms with van der Waals surface area (Å²) < 4.78 is 42.6. The molecule has 1 amide bonds. The number of carbonyl (C=O) groups is 1. The van der Waals surface area contributed by atoms with Gasteiger partial charge in [0.2, 0.25) is 10.0 Å². The van der Waals surface area contributed by atoms with Gasteiger partial charge in [0.15, 0.2) is 0 Å². The largest absolute Gasteiger partial charge is 0.352 e. The second-order valence-corrected chi connectivity index (χ2v) is 11.6. The van der Waals surface area contributed by atoms with E-state index in [4.69, 9.17) is 0 Å². The molecule has 170 valence electrons. The van der Waals surface area contributed by atoms with Gasteiger partial charge in [0.25, 0.3) is 5.91 Å². The van der Waals surface area contributed by atoms with Crippen LogP contribution in [0.25, 0.3) is 0 Å². The Morgan fingerprint density at radius 2 is 1.59 bits per heavy atom. The molecule has 2 aromatic rings. The van der Waals surface area contributed by atoms with Crippen molar-refractivity contribution in [1.29, 1.82) is 0 Å². The number of hydrogen-bond donors (Lipinski definition) is 2. The van der Waals surface area contributed by atoms with E-state index in [0.29, 0.717) is 35.6 Å². The maximum absolute atomic E-state index is 13.3. The number of nitrogens with one attached hydrogen (secondary N) is 2. The first-order chi connectivity index (χ1) is 15.3. The fraction of sp³-hybridized carbons (Fsp3) is 0.480. The van der Waals surface area contributed by atoms with E-state index in [1.807, 2.05) is 0 Å². The Bertz CT molecular complexity index is 1080. The summed E-state index contributed by atoms with van der Waals surface area (Å²) in [5.74, 6) is 1.25. The molecular weight excluding hydrogens is 427 g/mol. The molecule has 6 rings (SSSR count). The van der Waals surface area contributed by atoms with Crippen molar-refractivity contribution in [3.63, 3.8) is 0 Å². The Labute approximate surface area is 188 Å². The van der Waals surface area contributed by atoms with E-state index in [1.54, 1.807) is 30.3 Å². The van der Waals surface area contributed by atoms with E-state index >= 15 is 0 Å². The SMILES string of the molecule is O=C(NCCc1ccc(S(=O)(=O)NC23CC4CC(CC(C4)C2)C3)cc1)c1cccc(F)c1. The summed E-state index contributed by atoms with van der Waals surface area (Å²) in [6.07, 6.45) is 7.29. The molecule has 5 nitrogen and oxygen atoms in total. The molecule has 4 fully saturated rings. The lowest BCUT2D eigenvalue weighted by Crippen LogP contribution is -2.59. The Kier molecular flexibility index (Phi) is 5.58. The van der Waals surface area contributed by atoms with Gasteiger partial charge in [-0.25, -0.2) is 17.5 Å². The zero-order valence-corrected chi connectivity index (χ0v) is 18.8. The molecule has 4 bridgehead atoms. The molecule has 0 unspecified atom stereocenters. The zero-order chi connectivity index (χ0) is 22.3. The normalized spacial score (nSPS) is 28.6. The third kappa shape index (κ3) is 4.46. The molecular formula is C25H29FN2O3S. The van der Waals surface area contributed by atoms with Crippen LogP contribution in [0.1, 0.15) is 54.4 Å². The number of rotatable bonds is 7. The lowest BCUT2D eigenvalue weighted by Gasteiger charge is -2.56. The van der Waals surface area contributed by atoms with Crippen molar-refractivity contribution < 1.29 is 17.6 Å². The first kappa shape index (κ1) is 21.6. The number of halogens is 1. The molecule has 4 aliphatic rings. The molecule has 7 heteroatoms. The Hall–Kier alpha value is -2.25. The van der Waals surface area contributed by atoms with Gasteiger partial charge in [0.1, 0.15) is 5.82 Å². The molecule has 0 atom stereocenters. The van der Waals surface area contributed by atoms with Gasteiger partial charge in [-0.2, -0.15) is 0 Å². The van der Waals surface area contributed by atoms with Gasteiger partial charge in [-0.15, -0.1) is 0 Å². The summed E-state index contributed by atoms with van der Waals surface area (Å²) in [6.45, 7) is 0.382. The van der Waals surface area contributed by atoms with Crippen LogP contribution in [0.4, 0.5) is 4.39 Å². The maximum atomic E-state index is 13.3. The molecule has 0 heterocycles. The summed E-state index contributed by atoms with van der Waals surface area (Å²) in [7, 11) is -3.57. The van der Waals surface area contributed by atoms with E-state index in [1.165, 1.54) is 37.5 Å². The van der Waals surface area contributed by atoms with E-state index in [0.717, 1.165) is 24.8 Å². The van der Waals surface area contributed by atoms with E-state index < -0.39 is 15.8 Å². The van der Waals surface area contributed by atoms with Gasteiger partial charge >= 0.3 is 0 Å². The fourth-order valence-electron chi connectivity index (χ4n) is 6.47. The van der Waals surface area contributed by atoms with Gasteiger partial charge in [0, 0.05) is 17.6 Å². The average Bonchev–Trinajstić information content (AvgIpc) is 2.72. The highest BCUT2D eigenvalue weighted by atomic mass is 32.2. The summed E-state index contributed by atoms with van der Waals surface area (Å²) >= 11 is 0. The smallest absolute Gasteiger partial charge is 0.251 e. The molecule has 4 saturated carbocycles. The van der Waals surface area contributed by atoms with Crippen LogP contribution in [0.15, 0.2) is 53.4 Å². The standard InChI is InChI=1S/C25H29FN2O3S/c26-22-3-1-2-21(13-22)24(29)27-9-8-17-4-6-23(7-5-17)32(30,31)28-25-14-18-10-19(15-25)12-20(11-18)16-25/h1-7,13,18-20,28H,8-12,14-16H2,(H,27,29). The molecule has 0 aliphatic heterocycles. The highest BCUT2D eigenvalue weighted by molar-refractivity contribution is 7.89. The highest BCUT2D eigenvalue weighted by Crippen LogP contribution is 2.55. The van der Waals surface area contributed by atoms with Gasteiger partial charge in [-0.05, 0) is 98.6 Å². The van der Waals surface area contributed by atoms with E-state index in [-0.39, 0.29) is 17.0 Å². The van der Waals surface area contributed by atoms with Gasteiger partial charge in [-0.1, -0.05) is 18.2 Å². The first-order valence-corrected chi connectivity index (χ1v) is 13.0. The van der Waals surface area contributed by atoms with Crippen LogP contribution in [0, 0.1) is 23.6 Å². The molecule has 2 aromatic carbocycles. The predicted octanol–water partition coefficient (Wildman–Crippen LogP) is 4.05. The van der Waals surface area contributed by atoms with Crippen LogP contribution >= 0.6 is 0 Å². The lowest BCUT2D eigenvalue weighted by molar-refractivity contribution is -0.00810. The van der Waals surface area contributed by atoms with Crippen molar-refractivity contribution in [1.82, 2.24) is 10.0 Å². The molecule has 2 N–H and O–H groups in total. The van der Waals surface area contributed by atoms with Crippen molar-refractivity contribution in [2.24, 2.45) is 17.8 Å². The number of carbonyl (C=O) groups excluding carboxylic acids is 1. The summed E-state index contributed by atoms with van der Waals surface area (Å²) in [6, 6.07) is 12.4. The van der Waals surface area contributed by atoms with Crippen molar-refractivity contribution in [2.45, 2.75) is 55.4 Å². The average molecular weight is 457 g/mol. The second kappa shape index (κ2) is 8.27. The fourth-order valence-corrected chi connectivity index (χ4v) is 7.90. The molecule has 0 saturated heterocycles. The molecule has 32 heavy (non-hydrogen) atoms. The Morgan fingerprint density at radius 1 is 0.969 bits per heavy atom. The summed E-state index contributed by atoms with van der Waals surface area (Å²) in [4.78, 5) is 12.4. The monoisotopic (exact) mass is 456 g/mol. The first-order valence-electron chi connectivity index (χ1n) is 11.5. The van der Waals surface area contributed by atoms with Gasteiger partial charge in [0.05, 0.1) is 4.90 Å². The van der Waals surface area contributed by atoms with Crippen molar-refractivity contribution >= 4 is 15.9 Å². The van der Waals surface area contributed by atoms with Crippen LogP contribution < -0.4 is 10.0 Å². The number of amides is 1. The number of sulfonamides is 1. The summed E-state index contributed by atoms with van der Waals surface area (Å²) in [5.41, 5.74) is 0.952. The van der Waals surface area contributed by atoms with Crippen LogP contribution in [0.5, 0.6) is 0 Å². The van der Waals surface area contributed by atoms with Crippen molar-refractivity contribution in [3.05, 3.63) is 65.5 Å². The summed E-state index contributed by atoms with van der Waals surface area (Å²) in [5, 5.41) is 2.77. The molecule has 4 aliphatic carbocycles. The molecule has 0 spiro atoms. The third-order valence-electron chi connectivity index (χ3n) is 7.41. The third-order valence-corrected chi connectivity index (χ3v) is 9.00. The highest BCUT2D eigenvalue weighted by Gasteiger charge is 2.52.